The summed E-state index contributed by atoms with van der Waals surface area (Å²) in [5, 5.41) is 0. The predicted octanol–water partition coefficient (Wildman–Crippen LogP) is 1.79. The minimum absolute atomic E-state index is 0.0178. The van der Waals surface area contributed by atoms with Gasteiger partial charge in [0.05, 0.1) is 24.6 Å². The Morgan fingerprint density at radius 1 is 1.28 bits per heavy atom. The Hall–Kier alpha value is -2.21. The number of aryl methyl sites for hydroxylation is 2. The molecule has 25 heavy (non-hydrogen) atoms. The molecule has 0 N–H and O–H groups in total. The maximum atomic E-state index is 13.2. The lowest BCUT2D eigenvalue weighted by molar-refractivity contribution is 0.0581. The first-order chi connectivity index (χ1) is 12.1. The summed E-state index contributed by atoms with van der Waals surface area (Å²) in [6.07, 6.45) is 6.96. The fourth-order valence-corrected chi connectivity index (χ4v) is 3.99. The highest BCUT2D eigenvalue weighted by Gasteiger charge is 2.34. The largest absolute Gasteiger partial charge is 0.337 e. The molecular weight excluding hydrogens is 314 g/mol. The van der Waals surface area contributed by atoms with Crippen molar-refractivity contribution in [2.24, 2.45) is 7.05 Å². The van der Waals surface area contributed by atoms with Crippen molar-refractivity contribution in [2.45, 2.75) is 38.8 Å². The zero-order valence-electron chi connectivity index (χ0n) is 15.0. The molecule has 1 saturated heterocycles. The fourth-order valence-electron chi connectivity index (χ4n) is 3.99. The van der Waals surface area contributed by atoms with Crippen molar-refractivity contribution in [3.05, 3.63) is 47.3 Å². The van der Waals surface area contributed by atoms with Gasteiger partial charge in [-0.25, -0.2) is 4.98 Å². The van der Waals surface area contributed by atoms with E-state index in [1.165, 1.54) is 18.5 Å². The van der Waals surface area contributed by atoms with Crippen LogP contribution in [0.2, 0.25) is 0 Å². The summed E-state index contributed by atoms with van der Waals surface area (Å²) in [5.74, 6) is 0.0178. The molecule has 132 valence electrons. The number of carbonyl (C=O) groups is 1. The molecule has 0 aromatic carbocycles. The molecule has 1 amide bonds. The molecule has 6 heteroatoms. The van der Waals surface area contributed by atoms with E-state index in [0.717, 1.165) is 37.3 Å². The van der Waals surface area contributed by atoms with E-state index in [1.807, 2.05) is 37.3 Å². The fraction of sp³-hybridized carbons (Fsp3) is 0.526. The predicted molar refractivity (Wildman–Crippen MR) is 95.2 cm³/mol. The van der Waals surface area contributed by atoms with Gasteiger partial charge in [-0.05, 0) is 50.6 Å². The molecule has 2 aromatic rings. The number of hydrogen-bond donors (Lipinski definition) is 0. The van der Waals surface area contributed by atoms with Crippen LogP contribution in [0.5, 0.6) is 0 Å². The van der Waals surface area contributed by atoms with E-state index in [-0.39, 0.29) is 11.9 Å². The molecular formula is C19H25N5O. The molecule has 2 aliphatic heterocycles. The smallest absolute Gasteiger partial charge is 0.273 e. The second kappa shape index (κ2) is 6.59. The van der Waals surface area contributed by atoms with E-state index in [2.05, 4.69) is 19.4 Å². The number of hydrogen-bond acceptors (Lipinski definition) is 4. The number of amides is 1. The monoisotopic (exact) mass is 339 g/mol. The van der Waals surface area contributed by atoms with Crippen LogP contribution in [0, 0.1) is 6.92 Å². The van der Waals surface area contributed by atoms with E-state index in [4.69, 9.17) is 0 Å². The van der Waals surface area contributed by atoms with Crippen LogP contribution in [0.25, 0.3) is 0 Å². The number of aromatic nitrogens is 3. The van der Waals surface area contributed by atoms with E-state index in [1.54, 1.807) is 6.20 Å². The highest BCUT2D eigenvalue weighted by atomic mass is 16.2. The van der Waals surface area contributed by atoms with E-state index < -0.39 is 0 Å². The van der Waals surface area contributed by atoms with Gasteiger partial charge in [-0.3, -0.25) is 9.78 Å². The Balaban J connectivity index is 1.63. The van der Waals surface area contributed by atoms with Crippen molar-refractivity contribution in [3.63, 3.8) is 0 Å². The number of rotatable bonds is 3. The van der Waals surface area contributed by atoms with Crippen molar-refractivity contribution in [2.75, 3.05) is 19.6 Å². The number of nitrogens with zero attached hydrogens (tertiary/aromatic N) is 5. The van der Waals surface area contributed by atoms with Crippen molar-refractivity contribution in [1.82, 2.24) is 24.3 Å². The van der Waals surface area contributed by atoms with Gasteiger partial charge < -0.3 is 14.4 Å². The number of imidazole rings is 1. The van der Waals surface area contributed by atoms with Crippen molar-refractivity contribution in [3.8, 4) is 0 Å². The van der Waals surface area contributed by atoms with Crippen molar-refractivity contribution >= 4 is 5.91 Å². The first kappa shape index (κ1) is 16.3. The third-order valence-corrected chi connectivity index (χ3v) is 5.40. The Bertz CT molecular complexity index is 778. The summed E-state index contributed by atoms with van der Waals surface area (Å²) in [6.45, 7) is 5.78. The summed E-state index contributed by atoms with van der Waals surface area (Å²) < 4.78 is 2.10. The van der Waals surface area contributed by atoms with Gasteiger partial charge in [0.15, 0.2) is 0 Å². The summed E-state index contributed by atoms with van der Waals surface area (Å²) in [7, 11) is 2.04. The molecule has 0 bridgehead atoms. The molecule has 2 aliphatic rings. The van der Waals surface area contributed by atoms with Crippen LogP contribution in [0.15, 0.2) is 24.7 Å². The van der Waals surface area contributed by atoms with Crippen LogP contribution >= 0.6 is 0 Å². The Kier molecular flexibility index (Phi) is 4.29. The third kappa shape index (κ3) is 3.18. The molecule has 0 spiro atoms. The SMILES string of the molecule is Cc1ccnc(C(=O)N2Cc3ncn(C)c3C[C@@H]2CN2CCCC2)c1. The molecule has 0 aliphatic carbocycles. The normalized spacial score (nSPS) is 20.7. The molecule has 4 heterocycles. The zero-order valence-corrected chi connectivity index (χ0v) is 15.0. The number of likely N-dealkylation sites (tertiary alicyclic amines) is 1. The summed E-state index contributed by atoms with van der Waals surface area (Å²) in [5.41, 5.74) is 3.86. The maximum Gasteiger partial charge on any atom is 0.273 e. The van der Waals surface area contributed by atoms with Crippen molar-refractivity contribution < 1.29 is 4.79 Å². The summed E-state index contributed by atoms with van der Waals surface area (Å²) in [4.78, 5) is 26.4. The Labute approximate surface area is 148 Å². The lowest BCUT2D eigenvalue weighted by Crippen LogP contribution is -2.50. The minimum atomic E-state index is 0.0178. The van der Waals surface area contributed by atoms with Gasteiger partial charge in [-0.15, -0.1) is 0 Å². The second-order valence-electron chi connectivity index (χ2n) is 7.27. The highest BCUT2D eigenvalue weighted by molar-refractivity contribution is 5.92. The zero-order chi connectivity index (χ0) is 17.4. The summed E-state index contributed by atoms with van der Waals surface area (Å²) >= 11 is 0. The van der Waals surface area contributed by atoms with Crippen LogP contribution in [0.1, 0.15) is 40.3 Å². The first-order valence-corrected chi connectivity index (χ1v) is 9.07. The molecule has 1 fully saturated rings. The van der Waals surface area contributed by atoms with Gasteiger partial charge in [0.2, 0.25) is 0 Å². The molecule has 6 nitrogen and oxygen atoms in total. The summed E-state index contributed by atoms with van der Waals surface area (Å²) in [6, 6.07) is 3.98. The van der Waals surface area contributed by atoms with Gasteiger partial charge in [0.25, 0.3) is 5.91 Å². The average molecular weight is 339 g/mol. The lowest BCUT2D eigenvalue weighted by Gasteiger charge is -2.37. The minimum Gasteiger partial charge on any atom is -0.337 e. The van der Waals surface area contributed by atoms with Gasteiger partial charge in [0.1, 0.15) is 5.69 Å². The van der Waals surface area contributed by atoms with Gasteiger partial charge >= 0.3 is 0 Å². The van der Waals surface area contributed by atoms with Gasteiger partial charge in [0, 0.05) is 31.9 Å². The van der Waals surface area contributed by atoms with Crippen LogP contribution in [0.4, 0.5) is 0 Å². The molecule has 0 saturated carbocycles. The number of pyridine rings is 1. The Morgan fingerprint density at radius 2 is 2.08 bits per heavy atom. The lowest BCUT2D eigenvalue weighted by atomic mass is 10.0. The molecule has 0 radical (unpaired) electrons. The van der Waals surface area contributed by atoms with E-state index >= 15 is 0 Å². The highest BCUT2D eigenvalue weighted by Crippen LogP contribution is 2.25. The van der Waals surface area contributed by atoms with Crippen LogP contribution in [-0.2, 0) is 20.0 Å². The molecule has 2 aromatic heterocycles. The standard InChI is InChI=1S/C19H25N5O/c1-14-5-6-20-16(9-14)19(25)24-12-17-18(22(2)13-21-17)10-15(24)11-23-7-3-4-8-23/h5-6,9,13,15H,3-4,7-8,10-12H2,1-2H3/t15-/m1/s1. The van der Waals surface area contributed by atoms with Gasteiger partial charge in [-0.2, -0.15) is 0 Å². The van der Waals surface area contributed by atoms with E-state index in [0.29, 0.717) is 12.2 Å². The molecule has 4 rings (SSSR count). The number of fused-ring (bicyclic) bond motifs is 1. The quantitative estimate of drug-likeness (QED) is 0.855. The van der Waals surface area contributed by atoms with Gasteiger partial charge in [-0.1, -0.05) is 0 Å². The Morgan fingerprint density at radius 3 is 2.84 bits per heavy atom. The number of carbonyl (C=O) groups excluding carboxylic acids is 1. The topological polar surface area (TPSA) is 54.3 Å². The first-order valence-electron chi connectivity index (χ1n) is 9.07. The van der Waals surface area contributed by atoms with Crippen molar-refractivity contribution in [1.29, 1.82) is 0 Å². The third-order valence-electron chi connectivity index (χ3n) is 5.40. The van der Waals surface area contributed by atoms with Crippen LogP contribution in [0.3, 0.4) is 0 Å². The van der Waals surface area contributed by atoms with Crippen LogP contribution in [-0.4, -0.2) is 55.9 Å². The van der Waals surface area contributed by atoms with Crippen LogP contribution < -0.4 is 0 Å². The molecule has 0 unspecified atom stereocenters. The maximum absolute atomic E-state index is 13.2. The molecule has 1 atom stereocenters. The van der Waals surface area contributed by atoms with E-state index in [9.17, 15) is 4.79 Å². The second-order valence-corrected chi connectivity index (χ2v) is 7.27. The average Bonchev–Trinajstić information content (AvgIpc) is 3.24.